The van der Waals surface area contributed by atoms with E-state index in [2.05, 4.69) is 37.9 Å². The fourth-order valence-corrected chi connectivity index (χ4v) is 2.81. The summed E-state index contributed by atoms with van der Waals surface area (Å²) in [5.41, 5.74) is 0.581. The molecule has 0 fully saturated rings. The van der Waals surface area contributed by atoms with E-state index in [1.807, 2.05) is 24.3 Å². The van der Waals surface area contributed by atoms with Gasteiger partial charge >= 0.3 is 0 Å². The zero-order chi connectivity index (χ0) is 14.4. The molecule has 2 rings (SSSR count). The Hall–Kier alpha value is -1.51. The second kappa shape index (κ2) is 7.32. The van der Waals surface area contributed by atoms with Crippen molar-refractivity contribution in [2.24, 2.45) is 0 Å². The van der Waals surface area contributed by atoms with Crippen LogP contribution in [0.4, 0.5) is 0 Å². The van der Waals surface area contributed by atoms with Gasteiger partial charge in [-0.15, -0.1) is 0 Å². The lowest BCUT2D eigenvalue weighted by atomic mass is 10.2. The minimum atomic E-state index is 0.405. The third kappa shape index (κ3) is 3.99. The van der Waals surface area contributed by atoms with Crippen LogP contribution in [0.5, 0.6) is 11.5 Å². The van der Waals surface area contributed by atoms with Gasteiger partial charge in [-0.05, 0) is 62.2 Å². The Kier molecular flexibility index (Phi) is 5.45. The number of hydrogen-bond donors (Lipinski definition) is 0. The van der Waals surface area contributed by atoms with Crippen molar-refractivity contribution in [3.8, 4) is 17.6 Å². The predicted molar refractivity (Wildman–Crippen MR) is 84.0 cm³/mol. The highest BCUT2D eigenvalue weighted by atomic mass is 79.9. The molecule has 0 heterocycles. The molecule has 0 amide bonds. The molecule has 20 heavy (non-hydrogen) atoms. The normalized spacial score (nSPS) is 9.85. The first-order valence-electron chi connectivity index (χ1n) is 5.90. The highest BCUT2D eigenvalue weighted by Crippen LogP contribution is 2.32. The standard InChI is InChI=1S/C15H11Br2NO2/c16-13-5-2-6-14(17)15(13)20-8-7-19-12-4-1-3-11(9-12)10-18/h1-6,9H,7-8H2. The van der Waals surface area contributed by atoms with E-state index in [1.54, 1.807) is 18.2 Å². The minimum absolute atomic E-state index is 0.405. The van der Waals surface area contributed by atoms with Crippen molar-refractivity contribution in [3.05, 3.63) is 57.0 Å². The molecule has 0 N–H and O–H groups in total. The number of nitrogens with zero attached hydrogens (tertiary/aromatic N) is 1. The summed E-state index contributed by atoms with van der Waals surface area (Å²) in [5.74, 6) is 1.42. The smallest absolute Gasteiger partial charge is 0.147 e. The van der Waals surface area contributed by atoms with E-state index in [9.17, 15) is 0 Å². The highest BCUT2D eigenvalue weighted by Gasteiger charge is 2.05. The van der Waals surface area contributed by atoms with Gasteiger partial charge in [-0.25, -0.2) is 0 Å². The Labute approximate surface area is 134 Å². The van der Waals surface area contributed by atoms with Crippen molar-refractivity contribution < 1.29 is 9.47 Å². The van der Waals surface area contributed by atoms with Gasteiger partial charge in [-0.3, -0.25) is 0 Å². The fraction of sp³-hybridized carbons (Fsp3) is 0.133. The maximum atomic E-state index is 8.80. The summed E-state index contributed by atoms with van der Waals surface area (Å²) >= 11 is 6.86. The van der Waals surface area contributed by atoms with E-state index < -0.39 is 0 Å². The van der Waals surface area contributed by atoms with Crippen LogP contribution >= 0.6 is 31.9 Å². The highest BCUT2D eigenvalue weighted by molar-refractivity contribution is 9.11. The van der Waals surface area contributed by atoms with E-state index in [0.717, 1.165) is 14.7 Å². The van der Waals surface area contributed by atoms with Gasteiger partial charge in [-0.1, -0.05) is 12.1 Å². The average molecular weight is 397 g/mol. The van der Waals surface area contributed by atoms with E-state index in [4.69, 9.17) is 14.7 Å². The van der Waals surface area contributed by atoms with Crippen molar-refractivity contribution >= 4 is 31.9 Å². The zero-order valence-electron chi connectivity index (χ0n) is 10.5. The van der Waals surface area contributed by atoms with Gasteiger partial charge < -0.3 is 9.47 Å². The van der Waals surface area contributed by atoms with Crippen LogP contribution in [0, 0.1) is 11.3 Å². The van der Waals surface area contributed by atoms with Crippen molar-refractivity contribution in [2.45, 2.75) is 0 Å². The molecule has 0 aromatic heterocycles. The van der Waals surface area contributed by atoms with Crippen LogP contribution in [-0.2, 0) is 0 Å². The number of ether oxygens (including phenoxy) is 2. The largest absolute Gasteiger partial charge is 0.490 e. The Morgan fingerprint density at radius 3 is 2.30 bits per heavy atom. The molecule has 2 aromatic rings. The van der Waals surface area contributed by atoms with Crippen LogP contribution in [0.3, 0.4) is 0 Å². The molecule has 0 saturated heterocycles. The van der Waals surface area contributed by atoms with E-state index in [1.165, 1.54) is 0 Å². The van der Waals surface area contributed by atoms with Crippen molar-refractivity contribution in [3.63, 3.8) is 0 Å². The summed E-state index contributed by atoms with van der Waals surface area (Å²) in [4.78, 5) is 0. The summed E-state index contributed by atoms with van der Waals surface area (Å²) in [7, 11) is 0. The topological polar surface area (TPSA) is 42.2 Å². The number of rotatable bonds is 5. The van der Waals surface area contributed by atoms with E-state index in [-0.39, 0.29) is 0 Å². The van der Waals surface area contributed by atoms with Crippen LogP contribution in [0.2, 0.25) is 0 Å². The number of halogens is 2. The molecule has 0 radical (unpaired) electrons. The number of benzene rings is 2. The maximum Gasteiger partial charge on any atom is 0.147 e. The second-order valence-corrected chi connectivity index (χ2v) is 5.60. The van der Waals surface area contributed by atoms with Gasteiger partial charge in [0.1, 0.15) is 24.7 Å². The molecule has 0 bridgehead atoms. The lowest BCUT2D eigenvalue weighted by Gasteiger charge is -2.11. The van der Waals surface area contributed by atoms with Crippen molar-refractivity contribution in [1.82, 2.24) is 0 Å². The molecule has 0 saturated carbocycles. The first-order valence-corrected chi connectivity index (χ1v) is 7.49. The lowest BCUT2D eigenvalue weighted by molar-refractivity contribution is 0.215. The van der Waals surface area contributed by atoms with Gasteiger partial charge in [0.25, 0.3) is 0 Å². The third-order valence-electron chi connectivity index (χ3n) is 2.48. The molecule has 0 aliphatic carbocycles. The van der Waals surface area contributed by atoms with E-state index >= 15 is 0 Å². The number of para-hydroxylation sites is 1. The van der Waals surface area contributed by atoms with E-state index in [0.29, 0.717) is 24.5 Å². The maximum absolute atomic E-state index is 8.80. The number of nitriles is 1. The molecule has 0 aliphatic rings. The van der Waals surface area contributed by atoms with Crippen LogP contribution in [0.25, 0.3) is 0 Å². The molecule has 2 aromatic carbocycles. The van der Waals surface area contributed by atoms with Gasteiger partial charge in [0.05, 0.1) is 20.6 Å². The lowest BCUT2D eigenvalue weighted by Crippen LogP contribution is -2.09. The van der Waals surface area contributed by atoms with Crippen molar-refractivity contribution in [1.29, 1.82) is 5.26 Å². The van der Waals surface area contributed by atoms with Gasteiger partial charge in [0.15, 0.2) is 0 Å². The summed E-state index contributed by atoms with van der Waals surface area (Å²) < 4.78 is 13.0. The molecule has 3 nitrogen and oxygen atoms in total. The first-order chi connectivity index (χ1) is 9.70. The number of hydrogen-bond acceptors (Lipinski definition) is 3. The Bertz CT molecular complexity index is 618. The molecular formula is C15H11Br2NO2. The third-order valence-corrected chi connectivity index (χ3v) is 3.73. The van der Waals surface area contributed by atoms with Crippen LogP contribution in [-0.4, -0.2) is 13.2 Å². The first kappa shape index (κ1) is 14.9. The molecule has 5 heteroatoms. The van der Waals surface area contributed by atoms with Crippen molar-refractivity contribution in [2.75, 3.05) is 13.2 Å². The second-order valence-electron chi connectivity index (χ2n) is 3.89. The monoisotopic (exact) mass is 395 g/mol. The predicted octanol–water partition coefficient (Wildman–Crippen LogP) is 4.54. The molecule has 0 atom stereocenters. The zero-order valence-corrected chi connectivity index (χ0v) is 13.6. The van der Waals surface area contributed by atoms with Crippen LogP contribution < -0.4 is 9.47 Å². The quantitative estimate of drug-likeness (QED) is 0.696. The Morgan fingerprint density at radius 1 is 0.950 bits per heavy atom. The summed E-state index contributed by atoms with van der Waals surface area (Å²) in [5, 5.41) is 8.80. The average Bonchev–Trinajstić information content (AvgIpc) is 2.46. The van der Waals surface area contributed by atoms with Crippen LogP contribution in [0.1, 0.15) is 5.56 Å². The van der Waals surface area contributed by atoms with Crippen LogP contribution in [0.15, 0.2) is 51.4 Å². The molecule has 102 valence electrons. The fourth-order valence-electron chi connectivity index (χ4n) is 1.58. The molecule has 0 unspecified atom stereocenters. The van der Waals surface area contributed by atoms with Gasteiger partial charge in [0, 0.05) is 0 Å². The summed E-state index contributed by atoms with van der Waals surface area (Å²) in [6, 6.07) is 14.9. The molecular weight excluding hydrogens is 386 g/mol. The molecule has 0 spiro atoms. The Morgan fingerprint density at radius 2 is 1.60 bits per heavy atom. The SMILES string of the molecule is N#Cc1cccc(OCCOc2c(Br)cccc2Br)c1. The Balaban J connectivity index is 1.86. The summed E-state index contributed by atoms with van der Waals surface area (Å²) in [6.45, 7) is 0.820. The van der Waals surface area contributed by atoms with Gasteiger partial charge in [-0.2, -0.15) is 5.26 Å². The minimum Gasteiger partial charge on any atom is -0.490 e. The molecule has 0 aliphatic heterocycles. The summed E-state index contributed by atoms with van der Waals surface area (Å²) in [6.07, 6.45) is 0. The van der Waals surface area contributed by atoms with Gasteiger partial charge in [0.2, 0.25) is 0 Å².